The number of fused-ring (bicyclic) bond motifs is 1. The average Bonchev–Trinajstić information content (AvgIpc) is 3.17. The van der Waals surface area contributed by atoms with Gasteiger partial charge in [-0.25, -0.2) is 17.7 Å². The molecule has 24 heteroatoms. The largest absolute Gasteiger partial charge is 0.756 e. The molecule has 1 fully saturated rings. The van der Waals surface area contributed by atoms with Crippen LogP contribution in [0.3, 0.4) is 0 Å². The van der Waals surface area contributed by atoms with Gasteiger partial charge in [0.05, 0.1) is 13.2 Å². The smallest absolute Gasteiger partial charge is 0.330 e. The van der Waals surface area contributed by atoms with E-state index in [0.717, 1.165) is 17.6 Å². The number of ether oxygens (including phenoxy) is 1. The predicted octanol–water partition coefficient (Wildman–Crippen LogP) is -1.53. The van der Waals surface area contributed by atoms with Crippen molar-refractivity contribution in [3.8, 4) is 0 Å². The van der Waals surface area contributed by atoms with Gasteiger partial charge in [0.2, 0.25) is 0 Å². The number of hydrogen-bond donors (Lipinski definition) is 3. The minimum Gasteiger partial charge on any atom is -0.756 e. The van der Waals surface area contributed by atoms with Crippen LogP contribution in [-0.2, 0) is 51.6 Å². The Morgan fingerprint density at radius 1 is 0.795 bits per heavy atom. The maximum absolute atomic E-state index is 12.0. The molecular formula is C20H20N2O18P4-4. The zero-order valence-corrected chi connectivity index (χ0v) is 25.2. The SMILES string of the molecule is O=c1ccn([C@@H]2O[C@H](COP(=O)([O-])OP(=O)([O-])OP(=O)([O-])OP(=O)([O-])OCc3ccc4ccccc4c3)[C@H](O)C2O)c(=O)[nH]1. The number of hydrogen-bond acceptors (Lipinski definition) is 18. The van der Waals surface area contributed by atoms with Gasteiger partial charge in [0.25, 0.3) is 36.9 Å². The van der Waals surface area contributed by atoms with Gasteiger partial charge in [0.1, 0.15) is 18.3 Å². The van der Waals surface area contributed by atoms with Gasteiger partial charge in [-0.3, -0.25) is 32.6 Å². The van der Waals surface area contributed by atoms with E-state index in [1.807, 2.05) is 4.98 Å². The second-order valence-electron chi connectivity index (χ2n) is 8.85. The lowest BCUT2D eigenvalue weighted by Gasteiger charge is -2.36. The number of nitrogens with zero attached hydrogens (tertiary/aromatic N) is 1. The maximum Gasteiger partial charge on any atom is 0.330 e. The molecular weight excluding hydrogens is 680 g/mol. The molecule has 0 saturated carbocycles. The van der Waals surface area contributed by atoms with Crippen LogP contribution in [0.2, 0.25) is 0 Å². The number of benzene rings is 2. The second kappa shape index (κ2) is 13.3. The molecule has 0 bridgehead atoms. The van der Waals surface area contributed by atoms with Crippen LogP contribution in [-0.4, -0.2) is 44.7 Å². The molecule has 4 rings (SSSR count). The highest BCUT2D eigenvalue weighted by molar-refractivity contribution is 7.68. The number of aliphatic hydroxyl groups excluding tert-OH is 2. The number of H-pyrrole nitrogens is 1. The summed E-state index contributed by atoms with van der Waals surface area (Å²) < 4.78 is 73.1. The molecule has 44 heavy (non-hydrogen) atoms. The number of aromatic amines is 1. The third-order valence-electron chi connectivity index (χ3n) is 5.66. The van der Waals surface area contributed by atoms with Crippen molar-refractivity contribution < 1.29 is 74.8 Å². The first-order valence-corrected chi connectivity index (χ1v) is 17.7. The number of rotatable bonds is 13. The Balaban J connectivity index is 1.31. The highest BCUT2D eigenvalue weighted by Gasteiger charge is 2.45. The van der Waals surface area contributed by atoms with Crippen molar-refractivity contribution in [3.05, 3.63) is 81.1 Å². The first-order valence-electron chi connectivity index (χ1n) is 11.8. The standard InChI is InChI=1S/C20H24N2O18P4/c23-16-7-8-22(20(26)21-16)19-18(25)17(24)15(37-19)11-36-42(29,30)39-44(33,34)40-43(31,32)38-41(27,28)35-10-12-5-6-13-3-1-2-4-14(13)9-12/h1-9,15,17-19,24-25H,10-11H2,(H,27,28)(H,29,30)(H,31,32)(H,33,34)(H,21,23,26)/p-4/t15-,17+,18?,19-/m1/s1. The first-order chi connectivity index (χ1) is 20.4. The Morgan fingerprint density at radius 3 is 2.02 bits per heavy atom. The summed E-state index contributed by atoms with van der Waals surface area (Å²) in [5.74, 6) is 0. The van der Waals surface area contributed by atoms with Gasteiger partial charge in [0, 0.05) is 12.3 Å². The van der Waals surface area contributed by atoms with Crippen LogP contribution in [0.25, 0.3) is 10.8 Å². The Bertz CT molecular complexity index is 1830. The van der Waals surface area contributed by atoms with Crippen molar-refractivity contribution in [2.45, 2.75) is 31.1 Å². The van der Waals surface area contributed by atoms with Crippen molar-refractivity contribution in [3.63, 3.8) is 0 Å². The van der Waals surface area contributed by atoms with Crippen LogP contribution < -0.4 is 30.8 Å². The maximum atomic E-state index is 12.0. The molecule has 1 aliphatic heterocycles. The molecule has 1 aromatic heterocycles. The van der Waals surface area contributed by atoms with E-state index in [9.17, 15) is 57.6 Å². The van der Waals surface area contributed by atoms with E-state index in [1.54, 1.807) is 30.3 Å². The van der Waals surface area contributed by atoms with Gasteiger partial charge in [0.15, 0.2) is 6.23 Å². The van der Waals surface area contributed by atoms with Gasteiger partial charge in [-0.2, -0.15) is 0 Å². The molecule has 0 amide bonds. The number of aliphatic hydroxyl groups is 2. The molecule has 20 nitrogen and oxygen atoms in total. The Morgan fingerprint density at radius 2 is 1.39 bits per heavy atom. The number of nitrogens with one attached hydrogen (secondary N) is 1. The van der Waals surface area contributed by atoms with Gasteiger partial charge < -0.3 is 43.6 Å². The number of phosphoric acid groups is 4. The number of phosphoric ester groups is 2. The molecule has 0 aliphatic carbocycles. The fourth-order valence-corrected chi connectivity index (χ4v) is 8.54. The zero-order chi connectivity index (χ0) is 32.5. The molecule has 3 N–H and O–H groups in total. The van der Waals surface area contributed by atoms with Gasteiger partial charge >= 0.3 is 5.69 Å². The summed E-state index contributed by atoms with van der Waals surface area (Å²) in [5.41, 5.74) is -1.61. The highest BCUT2D eigenvalue weighted by Crippen LogP contribution is 2.66. The lowest BCUT2D eigenvalue weighted by Crippen LogP contribution is -2.37. The second-order valence-corrected chi connectivity index (χ2v) is 14.9. The Labute approximate surface area is 245 Å². The molecule has 1 saturated heterocycles. The van der Waals surface area contributed by atoms with Gasteiger partial charge in [-0.1, -0.05) is 36.4 Å². The van der Waals surface area contributed by atoms with E-state index >= 15 is 0 Å². The van der Waals surface area contributed by atoms with E-state index in [2.05, 4.69) is 22.0 Å². The molecule has 0 radical (unpaired) electrons. The molecule has 2 heterocycles. The molecule has 242 valence electrons. The molecule has 1 aliphatic rings. The monoisotopic (exact) mass is 700 g/mol. The average molecular weight is 700 g/mol. The quantitative estimate of drug-likeness (QED) is 0.170. The molecule has 5 unspecified atom stereocenters. The third kappa shape index (κ3) is 9.19. The van der Waals surface area contributed by atoms with Crippen molar-refractivity contribution in [1.29, 1.82) is 0 Å². The van der Waals surface area contributed by atoms with E-state index < -0.39 is 80.3 Å². The van der Waals surface area contributed by atoms with E-state index in [0.29, 0.717) is 9.95 Å². The van der Waals surface area contributed by atoms with E-state index in [1.165, 1.54) is 12.1 Å². The first kappa shape index (κ1) is 34.7. The minimum absolute atomic E-state index is 0.258. The van der Waals surface area contributed by atoms with Crippen LogP contribution in [0.1, 0.15) is 11.8 Å². The highest BCUT2D eigenvalue weighted by atomic mass is 31.3. The zero-order valence-electron chi connectivity index (χ0n) is 21.6. The summed E-state index contributed by atoms with van der Waals surface area (Å²) >= 11 is 0. The van der Waals surface area contributed by atoms with E-state index in [4.69, 9.17) is 4.74 Å². The van der Waals surface area contributed by atoms with Crippen molar-refractivity contribution in [2.24, 2.45) is 0 Å². The summed E-state index contributed by atoms with van der Waals surface area (Å²) in [4.78, 5) is 72.8. The lowest BCUT2D eigenvalue weighted by atomic mass is 10.1. The fourth-order valence-electron chi connectivity index (χ4n) is 3.82. The van der Waals surface area contributed by atoms with Crippen molar-refractivity contribution in [1.82, 2.24) is 9.55 Å². The van der Waals surface area contributed by atoms with Gasteiger partial charge in [-0.15, -0.1) is 0 Å². The summed E-state index contributed by atoms with van der Waals surface area (Å²) in [5, 5.41) is 21.7. The van der Waals surface area contributed by atoms with Crippen LogP contribution >= 0.6 is 31.3 Å². The summed E-state index contributed by atoms with van der Waals surface area (Å²) in [7, 11) is -24.8. The van der Waals surface area contributed by atoms with Crippen LogP contribution in [0, 0.1) is 0 Å². The van der Waals surface area contributed by atoms with Crippen molar-refractivity contribution in [2.75, 3.05) is 6.61 Å². The number of aromatic nitrogens is 2. The minimum atomic E-state index is -6.48. The van der Waals surface area contributed by atoms with Crippen molar-refractivity contribution >= 4 is 42.1 Å². The Kier molecular flexibility index (Phi) is 10.5. The topological polar surface area (TPSA) is 311 Å². The third-order valence-corrected chi connectivity index (χ3v) is 11.4. The summed E-state index contributed by atoms with van der Waals surface area (Å²) in [6.45, 7) is -1.99. The van der Waals surface area contributed by atoms with Crippen LogP contribution in [0.15, 0.2) is 64.3 Å². The summed E-state index contributed by atoms with van der Waals surface area (Å²) in [6, 6.07) is 12.4. The molecule has 8 atom stereocenters. The van der Waals surface area contributed by atoms with E-state index in [-0.39, 0.29) is 5.56 Å². The van der Waals surface area contributed by atoms with Crippen LogP contribution in [0.5, 0.6) is 0 Å². The normalized spacial score (nSPS) is 26.0. The van der Waals surface area contributed by atoms with Gasteiger partial charge in [-0.05, 0) is 22.4 Å². The predicted molar refractivity (Wildman–Crippen MR) is 136 cm³/mol. The fraction of sp³-hybridized carbons (Fsp3) is 0.300. The summed E-state index contributed by atoms with van der Waals surface area (Å²) in [6.07, 6.45) is -6.30. The molecule has 3 aromatic rings. The Hall–Kier alpha value is -2.18. The lowest BCUT2D eigenvalue weighted by molar-refractivity contribution is -0.255. The molecule has 2 aromatic carbocycles. The molecule has 0 spiro atoms. The van der Waals surface area contributed by atoms with Crippen LogP contribution in [0.4, 0.5) is 0 Å².